The average molecular weight is 642 g/mol. The quantitative estimate of drug-likeness (QED) is 0.159. The van der Waals surface area contributed by atoms with Gasteiger partial charge >= 0.3 is 0 Å². The Hall–Kier alpha value is -4.30. The van der Waals surface area contributed by atoms with Gasteiger partial charge in [-0.2, -0.15) is 0 Å². The molecule has 1 N–H and O–H groups in total. The Morgan fingerprint density at radius 2 is 1.60 bits per heavy atom. The molecular formula is C36H34Cl2N4O3. The van der Waals surface area contributed by atoms with Gasteiger partial charge in [0.2, 0.25) is 0 Å². The maximum atomic E-state index is 13.5. The molecule has 0 unspecified atom stereocenters. The molecule has 0 bridgehead atoms. The van der Waals surface area contributed by atoms with Crippen LogP contribution in [0.5, 0.6) is 5.75 Å². The molecule has 2 amide bonds. The topological polar surface area (TPSA) is 65.1 Å². The average Bonchev–Trinajstić information content (AvgIpc) is 3.06. The van der Waals surface area contributed by atoms with Crippen LogP contribution in [0.25, 0.3) is 6.08 Å². The van der Waals surface area contributed by atoms with Crippen molar-refractivity contribution in [2.75, 3.05) is 49.1 Å². The molecule has 7 nitrogen and oxygen atoms in total. The molecule has 0 spiro atoms. The number of anilines is 2. The minimum absolute atomic E-state index is 0.118. The summed E-state index contributed by atoms with van der Waals surface area (Å²) < 4.78 is 6.02. The van der Waals surface area contributed by atoms with Gasteiger partial charge in [0.25, 0.3) is 11.8 Å². The second-order valence-corrected chi connectivity index (χ2v) is 12.0. The van der Waals surface area contributed by atoms with Crippen LogP contribution in [0.1, 0.15) is 27.9 Å². The van der Waals surface area contributed by atoms with Gasteiger partial charge in [0.1, 0.15) is 0 Å². The van der Waals surface area contributed by atoms with E-state index in [4.69, 9.17) is 27.9 Å². The van der Waals surface area contributed by atoms with Gasteiger partial charge in [-0.1, -0.05) is 65.7 Å². The predicted octanol–water partition coefficient (Wildman–Crippen LogP) is 6.90. The Kier molecular flexibility index (Phi) is 9.69. The predicted molar refractivity (Wildman–Crippen MR) is 181 cm³/mol. The number of benzene rings is 4. The van der Waals surface area contributed by atoms with Crippen molar-refractivity contribution in [1.82, 2.24) is 10.2 Å². The van der Waals surface area contributed by atoms with E-state index < -0.39 is 0 Å². The maximum absolute atomic E-state index is 13.5. The molecule has 0 aromatic heterocycles. The molecule has 230 valence electrons. The summed E-state index contributed by atoms with van der Waals surface area (Å²) >= 11 is 12.2. The van der Waals surface area contributed by atoms with E-state index in [-0.39, 0.29) is 17.6 Å². The molecule has 0 saturated carbocycles. The molecule has 45 heavy (non-hydrogen) atoms. The number of carbonyl (C=O) groups excluding carboxylic acids is 2. The molecule has 0 atom stereocenters. The van der Waals surface area contributed by atoms with Crippen molar-refractivity contribution in [1.29, 1.82) is 0 Å². The zero-order chi connectivity index (χ0) is 31.2. The zero-order valence-electron chi connectivity index (χ0n) is 24.8. The Bertz CT molecular complexity index is 1680. The number of piperazine rings is 1. The number of amides is 2. The molecule has 0 radical (unpaired) electrons. The van der Waals surface area contributed by atoms with Crippen molar-refractivity contribution in [3.8, 4) is 5.75 Å². The summed E-state index contributed by atoms with van der Waals surface area (Å²) in [6.07, 6.45) is 2.58. The smallest absolute Gasteiger partial charge is 0.294 e. The molecule has 2 aliphatic rings. The van der Waals surface area contributed by atoms with Gasteiger partial charge in [0.05, 0.1) is 12.2 Å². The number of nitrogens with one attached hydrogen (secondary N) is 1. The first kappa shape index (κ1) is 30.7. The second kappa shape index (κ2) is 14.2. The van der Waals surface area contributed by atoms with Crippen LogP contribution in [-0.2, 0) is 11.3 Å². The van der Waals surface area contributed by atoms with Crippen molar-refractivity contribution < 1.29 is 14.3 Å². The van der Waals surface area contributed by atoms with E-state index in [0.717, 1.165) is 61.0 Å². The number of para-hydroxylation sites is 2. The molecular weight excluding hydrogens is 607 g/mol. The summed E-state index contributed by atoms with van der Waals surface area (Å²) in [4.78, 5) is 32.8. The van der Waals surface area contributed by atoms with E-state index in [1.807, 2.05) is 78.9 Å². The fourth-order valence-electron chi connectivity index (χ4n) is 5.58. The van der Waals surface area contributed by atoms with Crippen LogP contribution in [0.4, 0.5) is 11.4 Å². The number of fused-ring (bicyclic) bond motifs is 1. The van der Waals surface area contributed by atoms with Crippen molar-refractivity contribution in [2.45, 2.75) is 13.0 Å². The summed E-state index contributed by atoms with van der Waals surface area (Å²) in [5.74, 6) is 0.467. The third kappa shape index (κ3) is 7.68. The van der Waals surface area contributed by atoms with Gasteiger partial charge in [-0.3, -0.25) is 19.4 Å². The van der Waals surface area contributed by atoms with E-state index in [9.17, 15) is 9.59 Å². The van der Waals surface area contributed by atoms with Crippen LogP contribution in [0.15, 0.2) is 103 Å². The van der Waals surface area contributed by atoms with Crippen LogP contribution in [0, 0.1) is 0 Å². The number of rotatable bonds is 9. The second-order valence-electron chi connectivity index (χ2n) is 11.1. The molecule has 9 heteroatoms. The first-order valence-corrected chi connectivity index (χ1v) is 15.8. The van der Waals surface area contributed by atoms with E-state index in [1.165, 1.54) is 0 Å². The lowest BCUT2D eigenvalue weighted by Crippen LogP contribution is -2.47. The van der Waals surface area contributed by atoms with Crippen LogP contribution < -0.4 is 19.9 Å². The fourth-order valence-corrected chi connectivity index (χ4v) is 5.89. The number of hydrogen-bond donors (Lipinski definition) is 1. The van der Waals surface area contributed by atoms with Gasteiger partial charge in [-0.05, 0) is 84.8 Å². The zero-order valence-corrected chi connectivity index (χ0v) is 26.3. The third-order valence-electron chi connectivity index (χ3n) is 8.04. The number of nitrogens with zero attached hydrogens (tertiary/aromatic N) is 3. The number of halogens is 2. The molecule has 0 aliphatic carbocycles. The van der Waals surface area contributed by atoms with E-state index in [0.29, 0.717) is 35.1 Å². The van der Waals surface area contributed by atoms with Crippen molar-refractivity contribution in [3.05, 3.63) is 130 Å². The van der Waals surface area contributed by atoms with Crippen LogP contribution in [0.3, 0.4) is 0 Å². The van der Waals surface area contributed by atoms with Crippen LogP contribution in [-0.4, -0.2) is 56.0 Å². The molecule has 6 rings (SSSR count). The Morgan fingerprint density at radius 3 is 2.36 bits per heavy atom. The molecule has 2 heterocycles. The summed E-state index contributed by atoms with van der Waals surface area (Å²) in [5.41, 5.74) is 4.16. The molecule has 1 saturated heterocycles. The highest BCUT2D eigenvalue weighted by Gasteiger charge is 2.30. The SMILES string of the molecule is O=C(NCCCN1CCN(c2cccc(Cl)c2)CC1)c1ccc(C=C2Oc3ccccc3N(Cc3ccc(Cl)cc3)C2=O)cc1. The number of hydrogen-bond acceptors (Lipinski definition) is 5. The highest BCUT2D eigenvalue weighted by Crippen LogP contribution is 2.36. The monoisotopic (exact) mass is 640 g/mol. The fraction of sp³-hybridized carbons (Fsp3) is 0.222. The first-order chi connectivity index (χ1) is 21.9. The third-order valence-corrected chi connectivity index (χ3v) is 8.53. The minimum atomic E-state index is -0.239. The standard InChI is InChI=1S/C36H34Cl2N4O3/c37-29-15-11-27(12-16-29)25-42-32-7-1-2-8-33(32)45-34(36(42)44)23-26-9-13-28(14-10-26)35(43)39-17-4-18-40-19-21-41(22-20-40)31-6-3-5-30(38)24-31/h1-3,5-16,23-24H,4,17-22,25H2,(H,39,43). The van der Waals surface area contributed by atoms with Gasteiger partial charge in [-0.25, -0.2) is 0 Å². The van der Waals surface area contributed by atoms with E-state index in [1.54, 1.807) is 23.1 Å². The lowest BCUT2D eigenvalue weighted by Gasteiger charge is -2.36. The molecule has 1 fully saturated rings. The van der Waals surface area contributed by atoms with Gasteiger partial charge in [0, 0.05) is 54.0 Å². The normalized spacial score (nSPS) is 16.0. The first-order valence-electron chi connectivity index (χ1n) is 15.1. The van der Waals surface area contributed by atoms with Crippen molar-refractivity contribution in [3.63, 3.8) is 0 Å². The van der Waals surface area contributed by atoms with Crippen LogP contribution in [0.2, 0.25) is 10.0 Å². The summed E-state index contributed by atoms with van der Waals surface area (Å²) in [6, 6.07) is 30.1. The molecule has 4 aromatic rings. The summed E-state index contributed by atoms with van der Waals surface area (Å²) in [6.45, 7) is 5.79. The van der Waals surface area contributed by atoms with Gasteiger partial charge < -0.3 is 15.0 Å². The van der Waals surface area contributed by atoms with Crippen LogP contribution >= 0.6 is 23.2 Å². The number of carbonyl (C=O) groups is 2. The Labute approximate surface area is 273 Å². The van der Waals surface area contributed by atoms with Crippen molar-refractivity contribution in [2.24, 2.45) is 0 Å². The summed E-state index contributed by atoms with van der Waals surface area (Å²) in [5, 5.41) is 4.43. The molecule has 4 aromatic carbocycles. The van der Waals surface area contributed by atoms with E-state index in [2.05, 4.69) is 21.2 Å². The minimum Gasteiger partial charge on any atom is -0.449 e. The van der Waals surface area contributed by atoms with E-state index >= 15 is 0 Å². The van der Waals surface area contributed by atoms with Gasteiger partial charge in [-0.15, -0.1) is 0 Å². The molecule has 2 aliphatic heterocycles. The Balaban J connectivity index is 1.01. The number of ether oxygens (including phenoxy) is 1. The highest BCUT2D eigenvalue weighted by molar-refractivity contribution is 6.31. The highest BCUT2D eigenvalue weighted by atomic mass is 35.5. The maximum Gasteiger partial charge on any atom is 0.294 e. The largest absolute Gasteiger partial charge is 0.449 e. The van der Waals surface area contributed by atoms with Gasteiger partial charge in [0.15, 0.2) is 11.5 Å². The Morgan fingerprint density at radius 1 is 0.844 bits per heavy atom. The van der Waals surface area contributed by atoms with Crippen molar-refractivity contribution >= 4 is 52.5 Å². The lowest BCUT2D eigenvalue weighted by molar-refractivity contribution is -0.117. The lowest BCUT2D eigenvalue weighted by atomic mass is 10.1. The summed E-state index contributed by atoms with van der Waals surface area (Å²) in [7, 11) is 0.